The Morgan fingerprint density at radius 3 is 2.09 bits per heavy atom. The van der Waals surface area contributed by atoms with Crippen LogP contribution < -0.4 is 0 Å². The van der Waals surface area contributed by atoms with Crippen LogP contribution in [0.1, 0.15) is 20.7 Å². The van der Waals surface area contributed by atoms with Crippen LogP contribution in [0, 0.1) is 0 Å². The molecule has 11 heavy (non-hydrogen) atoms. The normalized spacial score (nSPS) is 15.9. The summed E-state index contributed by atoms with van der Waals surface area (Å²) in [6.45, 7) is 0. The van der Waals surface area contributed by atoms with Gasteiger partial charge >= 0.3 is 0 Å². The number of nitrogens with zero attached hydrogens (tertiary/aromatic N) is 1. The molecular formula is C7H6N2O2. The molecule has 0 saturated heterocycles. The summed E-state index contributed by atoms with van der Waals surface area (Å²) in [6.07, 6.45) is 3.08. The Kier molecular flexibility index (Phi) is 0.961. The van der Waals surface area contributed by atoms with Crippen molar-refractivity contribution in [3.63, 3.8) is 0 Å². The van der Waals surface area contributed by atoms with Crippen LogP contribution in [0.15, 0.2) is 12.4 Å². The van der Waals surface area contributed by atoms with Gasteiger partial charge in [-0.1, -0.05) is 0 Å². The zero-order valence-electron chi connectivity index (χ0n) is 5.92. The second kappa shape index (κ2) is 1.72. The molecule has 1 aliphatic rings. The van der Waals surface area contributed by atoms with Gasteiger partial charge in [0, 0.05) is 19.4 Å². The summed E-state index contributed by atoms with van der Waals surface area (Å²) in [5.41, 5.74) is 0.940. The van der Waals surface area contributed by atoms with Crippen molar-refractivity contribution in [2.45, 2.75) is 0 Å². The topological polar surface area (TPSA) is 53.2 Å². The molecule has 1 N–H and O–H groups in total. The van der Waals surface area contributed by atoms with Crippen molar-refractivity contribution in [2.75, 3.05) is 7.05 Å². The number of amides is 2. The van der Waals surface area contributed by atoms with Gasteiger partial charge in [-0.25, -0.2) is 0 Å². The third-order valence-corrected chi connectivity index (χ3v) is 1.82. The lowest BCUT2D eigenvalue weighted by molar-refractivity contribution is 0.0692. The van der Waals surface area contributed by atoms with Crippen LogP contribution in [0.5, 0.6) is 0 Å². The van der Waals surface area contributed by atoms with Crippen molar-refractivity contribution in [2.24, 2.45) is 0 Å². The second-order valence-corrected chi connectivity index (χ2v) is 2.45. The van der Waals surface area contributed by atoms with Gasteiger partial charge in [-0.3, -0.25) is 14.5 Å². The minimum absolute atomic E-state index is 0.230. The molecule has 2 rings (SSSR count). The van der Waals surface area contributed by atoms with Crippen molar-refractivity contribution in [1.82, 2.24) is 9.88 Å². The molecule has 1 aromatic heterocycles. The summed E-state index contributed by atoms with van der Waals surface area (Å²) in [5.74, 6) is -0.461. The fraction of sp³-hybridized carbons (Fsp3) is 0.143. The monoisotopic (exact) mass is 150 g/mol. The Morgan fingerprint density at radius 1 is 1.18 bits per heavy atom. The first-order chi connectivity index (χ1) is 5.22. The average molecular weight is 150 g/mol. The molecule has 1 aromatic rings. The van der Waals surface area contributed by atoms with E-state index in [2.05, 4.69) is 4.98 Å². The Morgan fingerprint density at radius 2 is 1.64 bits per heavy atom. The van der Waals surface area contributed by atoms with E-state index in [0.717, 1.165) is 4.90 Å². The molecule has 2 heterocycles. The molecular weight excluding hydrogens is 144 g/mol. The van der Waals surface area contributed by atoms with Gasteiger partial charge < -0.3 is 4.98 Å². The predicted molar refractivity (Wildman–Crippen MR) is 37.2 cm³/mol. The summed E-state index contributed by atoms with van der Waals surface area (Å²) < 4.78 is 0. The van der Waals surface area contributed by atoms with Gasteiger partial charge in [-0.05, 0) is 0 Å². The van der Waals surface area contributed by atoms with E-state index in [1.165, 1.54) is 7.05 Å². The second-order valence-electron chi connectivity index (χ2n) is 2.45. The van der Waals surface area contributed by atoms with Gasteiger partial charge in [0.1, 0.15) is 0 Å². The number of imide groups is 1. The van der Waals surface area contributed by atoms with Gasteiger partial charge in [0.2, 0.25) is 0 Å². The molecule has 1 aliphatic heterocycles. The SMILES string of the molecule is CN1C(=O)c2c[nH]cc2C1=O. The maximum absolute atomic E-state index is 11.2. The number of rotatable bonds is 0. The molecule has 4 heteroatoms. The van der Waals surface area contributed by atoms with Crippen molar-refractivity contribution in [3.05, 3.63) is 23.5 Å². The zero-order valence-corrected chi connectivity index (χ0v) is 5.92. The van der Waals surface area contributed by atoms with E-state index in [1.54, 1.807) is 12.4 Å². The molecule has 0 saturated carbocycles. The molecule has 0 bridgehead atoms. The molecule has 0 radical (unpaired) electrons. The van der Waals surface area contributed by atoms with Gasteiger partial charge in [0.15, 0.2) is 0 Å². The molecule has 0 unspecified atom stereocenters. The third-order valence-electron chi connectivity index (χ3n) is 1.82. The number of fused-ring (bicyclic) bond motifs is 1. The Bertz CT molecular complexity index is 309. The summed E-state index contributed by atoms with van der Waals surface area (Å²) in [5, 5.41) is 0. The average Bonchev–Trinajstić information content (AvgIpc) is 2.53. The minimum Gasteiger partial charge on any atom is -0.366 e. The maximum atomic E-state index is 11.2. The van der Waals surface area contributed by atoms with Gasteiger partial charge in [-0.2, -0.15) is 0 Å². The summed E-state index contributed by atoms with van der Waals surface area (Å²) >= 11 is 0. The predicted octanol–water partition coefficient (Wildman–Crippen LogP) is 0.240. The molecule has 0 spiro atoms. The van der Waals surface area contributed by atoms with Crippen molar-refractivity contribution >= 4 is 11.8 Å². The van der Waals surface area contributed by atoms with E-state index in [1.807, 2.05) is 0 Å². The summed E-state index contributed by atoms with van der Waals surface area (Å²) in [7, 11) is 1.48. The van der Waals surface area contributed by atoms with E-state index in [-0.39, 0.29) is 11.8 Å². The highest BCUT2D eigenvalue weighted by Gasteiger charge is 2.33. The largest absolute Gasteiger partial charge is 0.366 e. The first-order valence-electron chi connectivity index (χ1n) is 3.21. The van der Waals surface area contributed by atoms with E-state index in [4.69, 9.17) is 0 Å². The highest BCUT2D eigenvalue weighted by molar-refractivity contribution is 6.21. The molecule has 0 fully saturated rings. The molecule has 0 aromatic carbocycles. The van der Waals surface area contributed by atoms with Gasteiger partial charge in [-0.15, -0.1) is 0 Å². The van der Waals surface area contributed by atoms with Gasteiger partial charge in [0.25, 0.3) is 11.8 Å². The fourth-order valence-electron chi connectivity index (χ4n) is 1.17. The lowest BCUT2D eigenvalue weighted by Crippen LogP contribution is -2.24. The number of aromatic nitrogens is 1. The highest BCUT2D eigenvalue weighted by Crippen LogP contribution is 2.19. The van der Waals surface area contributed by atoms with Crippen molar-refractivity contribution in [3.8, 4) is 0 Å². The number of H-pyrrole nitrogens is 1. The summed E-state index contributed by atoms with van der Waals surface area (Å²) in [6, 6.07) is 0. The quantitative estimate of drug-likeness (QED) is 0.538. The van der Waals surface area contributed by atoms with Crippen molar-refractivity contribution < 1.29 is 9.59 Å². The lowest BCUT2D eigenvalue weighted by Gasteiger charge is -2.03. The third kappa shape index (κ3) is 0.582. The molecule has 56 valence electrons. The Labute approximate surface area is 62.8 Å². The number of hydrogen-bond acceptors (Lipinski definition) is 2. The number of hydrogen-bond donors (Lipinski definition) is 1. The smallest absolute Gasteiger partial charge is 0.262 e. The Hall–Kier alpha value is -1.58. The highest BCUT2D eigenvalue weighted by atomic mass is 16.2. The molecule has 4 nitrogen and oxygen atoms in total. The van der Waals surface area contributed by atoms with Crippen LogP contribution in [0.3, 0.4) is 0 Å². The summed E-state index contributed by atoms with van der Waals surface area (Å²) in [4.78, 5) is 26.1. The van der Waals surface area contributed by atoms with Crippen LogP contribution >= 0.6 is 0 Å². The van der Waals surface area contributed by atoms with E-state index >= 15 is 0 Å². The van der Waals surface area contributed by atoms with Gasteiger partial charge in [0.05, 0.1) is 11.1 Å². The zero-order chi connectivity index (χ0) is 8.01. The first-order valence-corrected chi connectivity index (χ1v) is 3.21. The van der Waals surface area contributed by atoms with E-state index < -0.39 is 0 Å². The number of aromatic amines is 1. The molecule has 0 atom stereocenters. The molecule has 0 aliphatic carbocycles. The van der Waals surface area contributed by atoms with Crippen LogP contribution in [-0.2, 0) is 0 Å². The first kappa shape index (κ1) is 6.15. The minimum atomic E-state index is -0.230. The maximum Gasteiger partial charge on any atom is 0.262 e. The Balaban J connectivity index is 2.65. The van der Waals surface area contributed by atoms with Crippen LogP contribution in [0.4, 0.5) is 0 Å². The number of carbonyl (C=O) groups excluding carboxylic acids is 2. The van der Waals surface area contributed by atoms with E-state index in [0.29, 0.717) is 11.1 Å². The van der Waals surface area contributed by atoms with Crippen LogP contribution in [0.25, 0.3) is 0 Å². The number of carbonyl (C=O) groups is 2. The van der Waals surface area contributed by atoms with Crippen molar-refractivity contribution in [1.29, 1.82) is 0 Å². The standard InChI is InChI=1S/C7H6N2O2/c1-9-6(10)4-2-8-3-5(4)7(9)11/h2-3,8H,1H3. The number of nitrogens with one attached hydrogen (secondary N) is 1. The van der Waals surface area contributed by atoms with Crippen LogP contribution in [-0.4, -0.2) is 28.7 Å². The molecule has 2 amide bonds. The van der Waals surface area contributed by atoms with E-state index in [9.17, 15) is 9.59 Å². The lowest BCUT2D eigenvalue weighted by atomic mass is 10.2. The van der Waals surface area contributed by atoms with Crippen LogP contribution in [0.2, 0.25) is 0 Å². The fourth-order valence-corrected chi connectivity index (χ4v) is 1.17.